The Morgan fingerprint density at radius 3 is 2.23 bits per heavy atom. The molecule has 0 radical (unpaired) electrons. The minimum absolute atomic E-state index is 0.232. The van der Waals surface area contributed by atoms with Crippen LogP contribution in [0.15, 0.2) is 35.3 Å². The highest BCUT2D eigenvalue weighted by Gasteiger charge is 2.16. The largest absolute Gasteiger partial charge is 0.294 e. The third-order valence-electron chi connectivity index (χ3n) is 5.85. The van der Waals surface area contributed by atoms with Crippen LogP contribution in [0.2, 0.25) is 0 Å². The minimum atomic E-state index is 0.232. The van der Waals surface area contributed by atoms with E-state index < -0.39 is 0 Å². The molecule has 0 N–H and O–H groups in total. The van der Waals surface area contributed by atoms with Crippen molar-refractivity contribution in [2.24, 2.45) is 10.9 Å². The predicted octanol–water partition coefficient (Wildman–Crippen LogP) is 7.23. The molecule has 2 aromatic carbocycles. The second kappa shape index (κ2) is 11.2. The first-order valence-corrected chi connectivity index (χ1v) is 11.5. The summed E-state index contributed by atoms with van der Waals surface area (Å²) in [5, 5.41) is 0. The number of carbonyl (C=O) groups is 1. The van der Waals surface area contributed by atoms with Crippen molar-refractivity contribution in [3.8, 4) is 0 Å². The van der Waals surface area contributed by atoms with E-state index in [2.05, 4.69) is 78.8 Å². The van der Waals surface area contributed by atoms with E-state index >= 15 is 0 Å². The van der Waals surface area contributed by atoms with Crippen LogP contribution in [-0.4, -0.2) is 18.0 Å². The fourth-order valence-corrected chi connectivity index (χ4v) is 4.09. The first kappa shape index (κ1) is 24.1. The molecular weight excluding hydrogens is 366 g/mol. The van der Waals surface area contributed by atoms with Crippen molar-refractivity contribution in [1.82, 2.24) is 0 Å². The number of rotatable bonds is 10. The molecule has 0 heterocycles. The SMILES string of the molecule is CCN=C(CCC(C)C)c1cc(C(=O)CCc2ccc(C)cc2CC)c(C)cc1C. The van der Waals surface area contributed by atoms with Crippen molar-refractivity contribution in [2.45, 2.75) is 80.6 Å². The van der Waals surface area contributed by atoms with Crippen molar-refractivity contribution in [1.29, 1.82) is 0 Å². The summed E-state index contributed by atoms with van der Waals surface area (Å²) < 4.78 is 0. The van der Waals surface area contributed by atoms with Crippen molar-refractivity contribution < 1.29 is 4.79 Å². The zero-order valence-electron chi connectivity index (χ0n) is 20.1. The van der Waals surface area contributed by atoms with Crippen LogP contribution in [0.4, 0.5) is 0 Å². The summed E-state index contributed by atoms with van der Waals surface area (Å²) in [6, 6.07) is 10.9. The van der Waals surface area contributed by atoms with Crippen molar-refractivity contribution >= 4 is 11.5 Å². The van der Waals surface area contributed by atoms with Gasteiger partial charge in [0, 0.05) is 24.2 Å². The second-order valence-corrected chi connectivity index (χ2v) is 8.88. The van der Waals surface area contributed by atoms with E-state index in [1.165, 1.54) is 22.3 Å². The van der Waals surface area contributed by atoms with Crippen molar-refractivity contribution in [3.63, 3.8) is 0 Å². The van der Waals surface area contributed by atoms with E-state index in [0.717, 1.165) is 54.6 Å². The Bertz CT molecular complexity index is 905. The van der Waals surface area contributed by atoms with Gasteiger partial charge in [-0.15, -0.1) is 0 Å². The van der Waals surface area contributed by atoms with Gasteiger partial charge in [0.15, 0.2) is 5.78 Å². The number of carbonyl (C=O) groups excluding carboxylic acids is 1. The first-order valence-electron chi connectivity index (χ1n) is 11.5. The summed E-state index contributed by atoms with van der Waals surface area (Å²) in [6.45, 7) is 15.8. The standard InChI is InChI=1S/C28H39NO/c1-8-23-16-20(5)11-12-24(23)13-15-28(30)26-18-25(21(6)17-22(26)7)27(29-9-2)14-10-19(3)4/h11-12,16-19H,8-10,13-15H2,1-7H3. The van der Waals surface area contributed by atoms with Crippen LogP contribution in [-0.2, 0) is 12.8 Å². The van der Waals surface area contributed by atoms with Gasteiger partial charge in [0.1, 0.15) is 0 Å². The molecule has 2 aromatic rings. The predicted molar refractivity (Wildman–Crippen MR) is 130 cm³/mol. The number of aryl methyl sites for hydroxylation is 5. The van der Waals surface area contributed by atoms with Gasteiger partial charge >= 0.3 is 0 Å². The third kappa shape index (κ3) is 6.39. The Balaban J connectivity index is 2.27. The van der Waals surface area contributed by atoms with E-state index in [9.17, 15) is 4.79 Å². The summed E-state index contributed by atoms with van der Waals surface area (Å²) >= 11 is 0. The van der Waals surface area contributed by atoms with Crippen molar-refractivity contribution in [2.75, 3.05) is 6.54 Å². The third-order valence-corrected chi connectivity index (χ3v) is 5.85. The molecule has 0 fully saturated rings. The number of hydrogen-bond acceptors (Lipinski definition) is 2. The van der Waals surface area contributed by atoms with Crippen LogP contribution in [0.1, 0.15) is 90.7 Å². The van der Waals surface area contributed by atoms with Gasteiger partial charge in [0.2, 0.25) is 0 Å². The van der Waals surface area contributed by atoms with Crippen molar-refractivity contribution in [3.05, 3.63) is 69.3 Å². The second-order valence-electron chi connectivity index (χ2n) is 8.88. The fraction of sp³-hybridized carbons (Fsp3) is 0.500. The number of aliphatic imine (C=N–C) groups is 1. The van der Waals surface area contributed by atoms with Crippen LogP contribution in [0, 0.1) is 26.7 Å². The Labute approximate surface area is 183 Å². The molecule has 0 aliphatic rings. The van der Waals surface area contributed by atoms with Gasteiger partial charge in [0.05, 0.1) is 0 Å². The van der Waals surface area contributed by atoms with Gasteiger partial charge in [-0.3, -0.25) is 9.79 Å². The molecule has 0 aliphatic carbocycles. The van der Waals surface area contributed by atoms with Gasteiger partial charge in [0.25, 0.3) is 0 Å². The zero-order valence-corrected chi connectivity index (χ0v) is 20.1. The number of benzene rings is 2. The van der Waals surface area contributed by atoms with E-state index in [1.54, 1.807) is 0 Å². The smallest absolute Gasteiger partial charge is 0.163 e. The summed E-state index contributed by atoms with van der Waals surface area (Å²) in [6.07, 6.45) is 4.43. The lowest BCUT2D eigenvalue weighted by Gasteiger charge is -2.15. The Hall–Kier alpha value is -2.22. The molecular formula is C28H39NO. The molecule has 0 aliphatic heterocycles. The fourth-order valence-electron chi connectivity index (χ4n) is 4.09. The summed E-state index contributed by atoms with van der Waals surface area (Å²) in [5.74, 6) is 0.872. The highest BCUT2D eigenvalue weighted by Crippen LogP contribution is 2.23. The highest BCUT2D eigenvalue weighted by atomic mass is 16.1. The Kier molecular flexibility index (Phi) is 9.02. The van der Waals surface area contributed by atoms with E-state index in [-0.39, 0.29) is 5.78 Å². The topological polar surface area (TPSA) is 29.4 Å². The molecule has 0 unspecified atom stereocenters. The molecule has 0 saturated heterocycles. The van der Waals surface area contributed by atoms with Crippen LogP contribution in [0.25, 0.3) is 0 Å². The van der Waals surface area contributed by atoms with Crippen LogP contribution in [0.5, 0.6) is 0 Å². The maximum Gasteiger partial charge on any atom is 0.163 e. The number of ketones is 1. The lowest BCUT2D eigenvalue weighted by Crippen LogP contribution is -2.11. The van der Waals surface area contributed by atoms with Gasteiger partial charge in [-0.25, -0.2) is 0 Å². The molecule has 0 amide bonds. The monoisotopic (exact) mass is 405 g/mol. The molecule has 2 nitrogen and oxygen atoms in total. The summed E-state index contributed by atoms with van der Waals surface area (Å²) in [5.41, 5.74) is 9.37. The lowest BCUT2D eigenvalue weighted by molar-refractivity contribution is 0.0982. The van der Waals surface area contributed by atoms with Crippen LogP contribution >= 0.6 is 0 Å². The number of Topliss-reactive ketones (excluding diaryl/α,β-unsaturated/α-hetero) is 1. The minimum Gasteiger partial charge on any atom is -0.294 e. The number of hydrogen-bond donors (Lipinski definition) is 0. The van der Waals surface area contributed by atoms with E-state index in [4.69, 9.17) is 4.99 Å². The lowest BCUT2D eigenvalue weighted by atomic mass is 9.90. The number of nitrogens with zero attached hydrogens (tertiary/aromatic N) is 1. The van der Waals surface area contributed by atoms with E-state index in [1.807, 2.05) is 0 Å². The normalized spacial score (nSPS) is 11.9. The Morgan fingerprint density at radius 1 is 0.900 bits per heavy atom. The molecule has 30 heavy (non-hydrogen) atoms. The average molecular weight is 406 g/mol. The maximum absolute atomic E-state index is 13.2. The molecule has 0 bridgehead atoms. The van der Waals surface area contributed by atoms with Crippen LogP contribution in [0.3, 0.4) is 0 Å². The molecule has 162 valence electrons. The zero-order chi connectivity index (χ0) is 22.3. The summed E-state index contributed by atoms with van der Waals surface area (Å²) in [4.78, 5) is 18.0. The Morgan fingerprint density at radius 2 is 1.60 bits per heavy atom. The quantitative estimate of drug-likeness (QED) is 0.303. The molecule has 0 saturated carbocycles. The first-order chi connectivity index (χ1) is 14.3. The molecule has 2 heteroatoms. The molecule has 2 rings (SSSR count). The molecule has 0 spiro atoms. The van der Waals surface area contributed by atoms with Gasteiger partial charge in [-0.05, 0) is 93.2 Å². The van der Waals surface area contributed by atoms with E-state index in [0.29, 0.717) is 12.3 Å². The summed E-state index contributed by atoms with van der Waals surface area (Å²) in [7, 11) is 0. The molecule has 0 aromatic heterocycles. The average Bonchev–Trinajstić information content (AvgIpc) is 2.70. The van der Waals surface area contributed by atoms with Crippen LogP contribution < -0.4 is 0 Å². The molecule has 0 atom stereocenters. The highest BCUT2D eigenvalue weighted by molar-refractivity contribution is 6.05. The van der Waals surface area contributed by atoms with Gasteiger partial charge in [-0.2, -0.15) is 0 Å². The van der Waals surface area contributed by atoms with Gasteiger partial charge in [-0.1, -0.05) is 50.6 Å². The van der Waals surface area contributed by atoms with Gasteiger partial charge < -0.3 is 0 Å². The maximum atomic E-state index is 13.2.